The predicted molar refractivity (Wildman–Crippen MR) is 66.5 cm³/mol. The lowest BCUT2D eigenvalue weighted by atomic mass is 9.98. The molecule has 0 saturated carbocycles. The first kappa shape index (κ1) is 13.3. The van der Waals surface area contributed by atoms with Gasteiger partial charge in [-0.1, -0.05) is 0 Å². The SMILES string of the molecule is C/C(=C1\C(=O)N2C(C(=O)O)=CS[C@@H]12)c1cn[nH]n1.O. The summed E-state index contributed by atoms with van der Waals surface area (Å²) in [5.74, 6) is -1.37. The molecule has 0 aromatic carbocycles. The summed E-state index contributed by atoms with van der Waals surface area (Å²) in [5.41, 5.74) is 1.94. The average molecular weight is 282 g/mol. The summed E-state index contributed by atoms with van der Waals surface area (Å²) in [5, 5.41) is 20.3. The summed E-state index contributed by atoms with van der Waals surface area (Å²) >= 11 is 1.31. The van der Waals surface area contributed by atoms with Gasteiger partial charge in [-0.05, 0) is 12.5 Å². The Labute approximate surface area is 111 Å². The van der Waals surface area contributed by atoms with E-state index in [1.54, 1.807) is 6.92 Å². The van der Waals surface area contributed by atoms with Gasteiger partial charge in [-0.15, -0.1) is 11.8 Å². The van der Waals surface area contributed by atoms with E-state index >= 15 is 0 Å². The molecule has 19 heavy (non-hydrogen) atoms. The Balaban J connectivity index is 0.00000133. The standard InChI is InChI=1S/C10H8N4O3S.H2O/c1-4(5-2-11-13-12-5)7-8(15)14-6(10(16)17)3-18-9(7)14;/h2-3,9H,1H3,(H,16,17)(H,11,12,13);1H2/b7-4-;/t9-;/m0./s1. The molecule has 2 aliphatic rings. The molecule has 1 fully saturated rings. The van der Waals surface area contributed by atoms with Crippen LogP contribution < -0.4 is 0 Å². The number of hydrogen-bond donors (Lipinski definition) is 2. The number of amides is 1. The zero-order chi connectivity index (χ0) is 12.9. The number of allylic oxidation sites excluding steroid dienone is 1. The van der Waals surface area contributed by atoms with E-state index in [1.165, 1.54) is 28.3 Å². The quantitative estimate of drug-likeness (QED) is 0.560. The largest absolute Gasteiger partial charge is 0.477 e. The van der Waals surface area contributed by atoms with Gasteiger partial charge < -0.3 is 10.6 Å². The van der Waals surface area contributed by atoms with Gasteiger partial charge in [-0.2, -0.15) is 15.4 Å². The summed E-state index contributed by atoms with van der Waals surface area (Å²) < 4.78 is 0. The number of rotatable bonds is 2. The average Bonchev–Trinajstić information content (AvgIpc) is 2.95. The third-order valence-corrected chi connectivity index (χ3v) is 3.98. The van der Waals surface area contributed by atoms with E-state index in [2.05, 4.69) is 15.4 Å². The number of thioether (sulfide) groups is 1. The van der Waals surface area contributed by atoms with Gasteiger partial charge in [-0.25, -0.2) is 4.79 Å². The fourth-order valence-electron chi connectivity index (χ4n) is 1.97. The molecule has 100 valence electrons. The van der Waals surface area contributed by atoms with Gasteiger partial charge in [0.25, 0.3) is 5.91 Å². The Morgan fingerprint density at radius 1 is 1.58 bits per heavy atom. The molecule has 1 aromatic heterocycles. The minimum Gasteiger partial charge on any atom is -0.477 e. The number of carbonyl (C=O) groups excluding carboxylic acids is 1. The number of carbonyl (C=O) groups is 2. The number of fused-ring (bicyclic) bond motifs is 1. The van der Waals surface area contributed by atoms with Crippen LogP contribution in [0.3, 0.4) is 0 Å². The van der Waals surface area contributed by atoms with Crippen LogP contribution >= 0.6 is 11.8 Å². The van der Waals surface area contributed by atoms with Gasteiger partial charge in [0.05, 0.1) is 11.8 Å². The van der Waals surface area contributed by atoms with E-state index < -0.39 is 5.97 Å². The van der Waals surface area contributed by atoms with Crippen molar-refractivity contribution in [3.63, 3.8) is 0 Å². The van der Waals surface area contributed by atoms with Crippen LogP contribution in [0.5, 0.6) is 0 Å². The molecule has 8 nitrogen and oxygen atoms in total. The second-order valence-corrected chi connectivity index (χ2v) is 4.82. The Morgan fingerprint density at radius 3 is 2.89 bits per heavy atom. The van der Waals surface area contributed by atoms with Gasteiger partial charge >= 0.3 is 5.97 Å². The van der Waals surface area contributed by atoms with Crippen molar-refractivity contribution < 1.29 is 20.2 Å². The molecular weight excluding hydrogens is 272 g/mol. The topological polar surface area (TPSA) is 131 Å². The Morgan fingerprint density at radius 2 is 2.32 bits per heavy atom. The van der Waals surface area contributed by atoms with E-state index in [0.717, 1.165) is 5.57 Å². The summed E-state index contributed by atoms with van der Waals surface area (Å²) in [4.78, 5) is 24.2. The number of carboxylic acids is 1. The minimum absolute atomic E-state index is 0. The van der Waals surface area contributed by atoms with Crippen LogP contribution in [0.4, 0.5) is 0 Å². The van der Waals surface area contributed by atoms with Crippen LogP contribution in [-0.4, -0.2) is 48.1 Å². The highest BCUT2D eigenvalue weighted by molar-refractivity contribution is 8.03. The first-order valence-electron chi connectivity index (χ1n) is 5.10. The molecule has 0 bridgehead atoms. The first-order valence-corrected chi connectivity index (χ1v) is 6.05. The molecule has 0 radical (unpaired) electrons. The Kier molecular flexibility index (Phi) is 3.16. The maximum Gasteiger partial charge on any atom is 0.353 e. The summed E-state index contributed by atoms with van der Waals surface area (Å²) in [6, 6.07) is 0. The zero-order valence-electron chi connectivity index (χ0n) is 9.75. The Bertz CT molecular complexity index is 607. The van der Waals surface area contributed by atoms with Crippen molar-refractivity contribution in [2.45, 2.75) is 12.3 Å². The number of carboxylic acid groups (broad SMARTS) is 1. The number of aromatic amines is 1. The predicted octanol–water partition coefficient (Wildman–Crippen LogP) is -0.405. The third-order valence-electron chi connectivity index (χ3n) is 2.92. The van der Waals surface area contributed by atoms with Crippen LogP contribution in [0.25, 0.3) is 5.57 Å². The van der Waals surface area contributed by atoms with Crippen LogP contribution in [0.1, 0.15) is 12.6 Å². The maximum atomic E-state index is 12.0. The van der Waals surface area contributed by atoms with Crippen LogP contribution in [-0.2, 0) is 9.59 Å². The number of hydrogen-bond acceptors (Lipinski definition) is 5. The smallest absolute Gasteiger partial charge is 0.353 e. The van der Waals surface area contributed by atoms with Crippen molar-refractivity contribution in [3.8, 4) is 0 Å². The lowest BCUT2D eigenvalue weighted by Crippen LogP contribution is -2.51. The monoisotopic (exact) mass is 282 g/mol. The second kappa shape index (κ2) is 4.52. The highest BCUT2D eigenvalue weighted by Crippen LogP contribution is 2.46. The molecule has 1 saturated heterocycles. The molecule has 4 N–H and O–H groups in total. The molecule has 9 heteroatoms. The maximum absolute atomic E-state index is 12.0. The lowest BCUT2D eigenvalue weighted by molar-refractivity contribution is -0.141. The Hall–Kier alpha value is -2.13. The fourth-order valence-corrected chi connectivity index (χ4v) is 3.19. The molecule has 0 aliphatic carbocycles. The van der Waals surface area contributed by atoms with E-state index in [9.17, 15) is 9.59 Å². The van der Waals surface area contributed by atoms with Gasteiger partial charge in [0.1, 0.15) is 16.8 Å². The molecule has 2 aliphatic heterocycles. The number of aromatic nitrogens is 3. The molecule has 0 unspecified atom stereocenters. The summed E-state index contributed by atoms with van der Waals surface area (Å²) in [7, 11) is 0. The number of H-pyrrole nitrogens is 1. The molecule has 1 atom stereocenters. The first-order chi connectivity index (χ1) is 8.61. The van der Waals surface area contributed by atoms with Crippen molar-refractivity contribution >= 4 is 29.2 Å². The van der Waals surface area contributed by atoms with Gasteiger partial charge in [-0.3, -0.25) is 9.69 Å². The number of nitrogens with zero attached hydrogens (tertiary/aromatic N) is 3. The van der Waals surface area contributed by atoms with Gasteiger partial charge in [0.2, 0.25) is 0 Å². The number of aliphatic carboxylic acids is 1. The minimum atomic E-state index is -1.09. The number of nitrogens with one attached hydrogen (secondary N) is 1. The second-order valence-electron chi connectivity index (χ2n) is 3.87. The zero-order valence-corrected chi connectivity index (χ0v) is 10.6. The van der Waals surface area contributed by atoms with Gasteiger partial charge in [0, 0.05) is 5.41 Å². The summed E-state index contributed by atoms with van der Waals surface area (Å²) in [6.07, 6.45) is 1.53. The van der Waals surface area contributed by atoms with Crippen molar-refractivity contribution in [2.24, 2.45) is 0 Å². The van der Waals surface area contributed by atoms with Crippen LogP contribution in [0.15, 0.2) is 22.9 Å². The van der Waals surface area contributed by atoms with Crippen molar-refractivity contribution in [3.05, 3.63) is 28.6 Å². The van der Waals surface area contributed by atoms with Crippen molar-refractivity contribution in [1.29, 1.82) is 0 Å². The van der Waals surface area contributed by atoms with E-state index in [-0.39, 0.29) is 22.5 Å². The van der Waals surface area contributed by atoms with Gasteiger partial charge in [0.15, 0.2) is 0 Å². The van der Waals surface area contributed by atoms with Crippen molar-refractivity contribution in [2.75, 3.05) is 0 Å². The third kappa shape index (κ3) is 1.74. The molecule has 3 rings (SSSR count). The van der Waals surface area contributed by atoms with E-state index in [0.29, 0.717) is 11.3 Å². The molecule has 3 heterocycles. The van der Waals surface area contributed by atoms with Crippen molar-refractivity contribution in [1.82, 2.24) is 20.3 Å². The molecule has 1 aromatic rings. The fraction of sp³-hybridized carbons (Fsp3) is 0.200. The van der Waals surface area contributed by atoms with E-state index in [1.807, 2.05) is 0 Å². The van der Waals surface area contributed by atoms with E-state index in [4.69, 9.17) is 5.11 Å². The normalized spacial score (nSPS) is 23.2. The molecular formula is C10H10N4O4S. The number of β-lactam (4-membered cyclic amide) rings is 1. The molecule has 1 amide bonds. The highest BCUT2D eigenvalue weighted by atomic mass is 32.2. The highest BCUT2D eigenvalue weighted by Gasteiger charge is 2.50. The molecule has 0 spiro atoms. The van der Waals surface area contributed by atoms with Crippen LogP contribution in [0.2, 0.25) is 0 Å². The lowest BCUT2D eigenvalue weighted by Gasteiger charge is -2.38. The summed E-state index contributed by atoms with van der Waals surface area (Å²) in [6.45, 7) is 1.78. The van der Waals surface area contributed by atoms with Crippen LogP contribution in [0, 0.1) is 0 Å².